The summed E-state index contributed by atoms with van der Waals surface area (Å²) >= 11 is 5.90. The number of ketones is 1. The second kappa shape index (κ2) is 5.55. The molecule has 2 aromatic carbocycles. The smallest absolute Gasteiger partial charge is 0.189 e. The van der Waals surface area contributed by atoms with Gasteiger partial charge >= 0.3 is 0 Å². The fourth-order valence-corrected chi connectivity index (χ4v) is 2.54. The van der Waals surface area contributed by atoms with Crippen LogP contribution in [0.5, 0.6) is 0 Å². The topological polar surface area (TPSA) is 41.8 Å². The van der Waals surface area contributed by atoms with E-state index in [1.165, 1.54) is 0 Å². The molecule has 0 radical (unpaired) electrons. The molecule has 2 atom stereocenters. The maximum Gasteiger partial charge on any atom is 0.189 e. The lowest BCUT2D eigenvalue weighted by molar-refractivity contribution is 0.0956. The van der Waals surface area contributed by atoms with Gasteiger partial charge in [-0.3, -0.25) is 4.79 Å². The van der Waals surface area contributed by atoms with E-state index >= 15 is 0 Å². The Morgan fingerprint density at radius 3 is 2.45 bits per heavy atom. The molecule has 100 valence electrons. The van der Waals surface area contributed by atoms with Crippen molar-refractivity contribution < 1.29 is 4.79 Å². The second-order valence-corrected chi connectivity index (χ2v) is 5.21. The van der Waals surface area contributed by atoms with Gasteiger partial charge in [-0.05, 0) is 17.7 Å². The van der Waals surface area contributed by atoms with E-state index < -0.39 is 6.04 Å². The molecule has 0 N–H and O–H groups in total. The first-order chi connectivity index (χ1) is 9.75. The highest BCUT2D eigenvalue weighted by atomic mass is 35.5. The van der Waals surface area contributed by atoms with Crippen molar-refractivity contribution in [1.82, 2.24) is 0 Å². The van der Waals surface area contributed by atoms with Crippen molar-refractivity contribution in [1.29, 1.82) is 0 Å². The minimum absolute atomic E-state index is 0.0000252. The van der Waals surface area contributed by atoms with E-state index in [4.69, 9.17) is 11.6 Å². The molecule has 0 aliphatic carbocycles. The lowest BCUT2D eigenvalue weighted by Gasteiger charge is -2.15. The maximum absolute atomic E-state index is 12.5. The lowest BCUT2D eigenvalue weighted by Crippen LogP contribution is -2.24. The fourth-order valence-electron chi connectivity index (χ4n) is 2.41. The summed E-state index contributed by atoms with van der Waals surface area (Å²) in [4.78, 5) is 12.5. The Balaban J connectivity index is 1.87. The zero-order chi connectivity index (χ0) is 13.9. The Morgan fingerprint density at radius 1 is 1.05 bits per heavy atom. The van der Waals surface area contributed by atoms with Gasteiger partial charge in [-0.15, -0.1) is 0 Å². The van der Waals surface area contributed by atoms with Gasteiger partial charge in [-0.1, -0.05) is 54.1 Å². The number of azo groups is 1. The molecule has 0 fully saturated rings. The molecule has 0 saturated carbocycles. The predicted octanol–water partition coefficient (Wildman–Crippen LogP) is 4.14. The molecule has 1 aliphatic rings. The van der Waals surface area contributed by atoms with Crippen molar-refractivity contribution in [3.8, 4) is 0 Å². The first-order valence-electron chi connectivity index (χ1n) is 6.47. The number of nitrogens with zero attached hydrogens (tertiary/aromatic N) is 2. The number of halogens is 1. The molecule has 0 saturated heterocycles. The molecule has 3 nitrogen and oxygen atoms in total. The molecule has 0 spiro atoms. The Hall–Kier alpha value is -2.00. The highest BCUT2D eigenvalue weighted by Gasteiger charge is 2.33. The van der Waals surface area contributed by atoms with Crippen molar-refractivity contribution >= 4 is 17.4 Å². The molecule has 3 rings (SSSR count). The Kier molecular flexibility index (Phi) is 3.61. The summed E-state index contributed by atoms with van der Waals surface area (Å²) in [5, 5.41) is 8.88. The van der Waals surface area contributed by atoms with Crippen LogP contribution in [0.2, 0.25) is 5.02 Å². The minimum Gasteiger partial charge on any atom is -0.292 e. The number of carbonyl (C=O) groups is 1. The zero-order valence-electron chi connectivity index (χ0n) is 10.7. The molecule has 20 heavy (non-hydrogen) atoms. The van der Waals surface area contributed by atoms with Gasteiger partial charge < -0.3 is 0 Å². The maximum atomic E-state index is 12.5. The lowest BCUT2D eigenvalue weighted by atomic mass is 9.88. The summed E-state index contributed by atoms with van der Waals surface area (Å²) < 4.78 is 0. The van der Waals surface area contributed by atoms with Crippen LogP contribution in [0.1, 0.15) is 21.8 Å². The van der Waals surface area contributed by atoms with Crippen molar-refractivity contribution in [2.75, 3.05) is 6.54 Å². The Morgan fingerprint density at radius 2 is 1.75 bits per heavy atom. The van der Waals surface area contributed by atoms with Crippen LogP contribution in [0, 0.1) is 0 Å². The van der Waals surface area contributed by atoms with Gasteiger partial charge in [0, 0.05) is 16.5 Å². The molecule has 1 aliphatic heterocycles. The van der Waals surface area contributed by atoms with Gasteiger partial charge in [0.1, 0.15) is 6.04 Å². The third kappa shape index (κ3) is 2.49. The van der Waals surface area contributed by atoms with Gasteiger partial charge in [-0.25, -0.2) is 0 Å². The molecule has 4 heteroatoms. The first kappa shape index (κ1) is 13.0. The third-order valence-electron chi connectivity index (χ3n) is 3.49. The second-order valence-electron chi connectivity index (χ2n) is 4.77. The van der Waals surface area contributed by atoms with Crippen LogP contribution in [0.15, 0.2) is 64.8 Å². The normalized spacial score (nSPS) is 21.1. The molecular weight excluding hydrogens is 272 g/mol. The van der Waals surface area contributed by atoms with Gasteiger partial charge in [0.15, 0.2) is 5.78 Å². The largest absolute Gasteiger partial charge is 0.292 e. The number of rotatable bonds is 3. The van der Waals surface area contributed by atoms with Crippen LogP contribution in [-0.4, -0.2) is 18.4 Å². The van der Waals surface area contributed by atoms with Gasteiger partial charge in [0.2, 0.25) is 0 Å². The van der Waals surface area contributed by atoms with Crippen LogP contribution in [0.3, 0.4) is 0 Å². The van der Waals surface area contributed by atoms with Gasteiger partial charge in [-0.2, -0.15) is 10.2 Å². The average Bonchev–Trinajstić information content (AvgIpc) is 2.97. The molecular formula is C16H13ClN2O. The number of hydrogen-bond acceptors (Lipinski definition) is 3. The average molecular weight is 285 g/mol. The van der Waals surface area contributed by atoms with E-state index in [0.29, 0.717) is 17.1 Å². The Bertz CT molecular complexity index is 637. The molecule has 0 amide bonds. The van der Waals surface area contributed by atoms with Crippen molar-refractivity contribution in [3.05, 3.63) is 70.7 Å². The van der Waals surface area contributed by atoms with Crippen LogP contribution in [0.4, 0.5) is 0 Å². The summed E-state index contributed by atoms with van der Waals surface area (Å²) in [5.41, 5.74) is 1.73. The summed E-state index contributed by atoms with van der Waals surface area (Å²) in [7, 11) is 0. The van der Waals surface area contributed by atoms with Gasteiger partial charge in [0.25, 0.3) is 0 Å². The monoisotopic (exact) mass is 284 g/mol. The molecule has 2 aromatic rings. The van der Waals surface area contributed by atoms with Crippen molar-refractivity contribution in [2.45, 2.75) is 12.0 Å². The Labute approximate surface area is 122 Å². The minimum atomic E-state index is -0.432. The van der Waals surface area contributed by atoms with Crippen LogP contribution >= 0.6 is 11.6 Å². The van der Waals surface area contributed by atoms with E-state index in [-0.39, 0.29) is 11.7 Å². The van der Waals surface area contributed by atoms with E-state index in [0.717, 1.165) is 5.56 Å². The third-order valence-corrected chi connectivity index (χ3v) is 3.74. The number of Topliss-reactive ketones (excluding diaryl/α,β-unsaturated/α-hetero) is 1. The standard InChI is InChI=1S/C16H13ClN2O/c17-13-8-6-11(7-9-13)14-10-18-19-15(14)16(20)12-4-2-1-3-5-12/h1-9,14-15H,10H2. The van der Waals surface area contributed by atoms with E-state index in [2.05, 4.69) is 10.2 Å². The predicted molar refractivity (Wildman–Crippen MR) is 78.5 cm³/mol. The van der Waals surface area contributed by atoms with Crippen LogP contribution < -0.4 is 0 Å². The van der Waals surface area contributed by atoms with E-state index in [9.17, 15) is 4.79 Å². The number of hydrogen-bond donors (Lipinski definition) is 0. The van der Waals surface area contributed by atoms with Crippen LogP contribution in [-0.2, 0) is 0 Å². The fraction of sp³-hybridized carbons (Fsp3) is 0.188. The first-order valence-corrected chi connectivity index (χ1v) is 6.85. The van der Waals surface area contributed by atoms with Crippen molar-refractivity contribution in [3.63, 3.8) is 0 Å². The summed E-state index contributed by atoms with van der Waals surface area (Å²) in [5.74, 6) is 0.0202. The summed E-state index contributed by atoms with van der Waals surface area (Å²) in [6.07, 6.45) is 0. The molecule has 1 heterocycles. The quantitative estimate of drug-likeness (QED) is 0.781. The van der Waals surface area contributed by atoms with Crippen molar-refractivity contribution in [2.24, 2.45) is 10.2 Å². The summed E-state index contributed by atoms with van der Waals surface area (Å²) in [6.45, 7) is 0.547. The highest BCUT2D eigenvalue weighted by molar-refractivity contribution is 6.30. The van der Waals surface area contributed by atoms with E-state index in [1.807, 2.05) is 54.6 Å². The zero-order valence-corrected chi connectivity index (χ0v) is 11.5. The SMILES string of the molecule is O=C(c1ccccc1)C1N=NCC1c1ccc(Cl)cc1. The number of carbonyl (C=O) groups excluding carboxylic acids is 1. The number of benzene rings is 2. The van der Waals surface area contributed by atoms with Gasteiger partial charge in [0.05, 0.1) is 6.54 Å². The van der Waals surface area contributed by atoms with E-state index in [1.54, 1.807) is 0 Å². The van der Waals surface area contributed by atoms with Crippen LogP contribution in [0.25, 0.3) is 0 Å². The molecule has 0 bridgehead atoms. The highest BCUT2D eigenvalue weighted by Crippen LogP contribution is 2.30. The summed E-state index contributed by atoms with van der Waals surface area (Å²) in [6, 6.07) is 16.3. The molecule has 2 unspecified atom stereocenters. The molecule has 0 aromatic heterocycles.